The average molecular weight is 631 g/mol. The zero-order chi connectivity index (χ0) is 31.7. The summed E-state index contributed by atoms with van der Waals surface area (Å²) in [4.78, 5) is 33.5. The Labute approximate surface area is 260 Å². The molecule has 6 rings (SSSR count). The average Bonchev–Trinajstić information content (AvgIpc) is 3.71. The predicted molar refractivity (Wildman–Crippen MR) is 165 cm³/mol. The van der Waals surface area contributed by atoms with Crippen LogP contribution in [0.1, 0.15) is 29.9 Å². The SMILES string of the molecule is C=CC(=O)N[C@H](C)c1cc(-c2nc(-c3cnc4c(c3)CNC(=O)C4)c3ccsc3c2-c2c(F)cc(F)cc2OCCOC)n[nH]1. The van der Waals surface area contributed by atoms with Crippen LogP contribution in [0.25, 0.3) is 43.9 Å². The number of nitrogens with zero attached hydrogens (tertiary/aromatic N) is 3. The summed E-state index contributed by atoms with van der Waals surface area (Å²) < 4.78 is 42.0. The Morgan fingerprint density at radius 1 is 1.20 bits per heavy atom. The highest BCUT2D eigenvalue weighted by Crippen LogP contribution is 2.47. The molecular weight excluding hydrogens is 602 g/mol. The minimum atomic E-state index is -0.832. The monoisotopic (exact) mass is 630 g/mol. The molecule has 2 amide bonds. The van der Waals surface area contributed by atoms with Crippen molar-refractivity contribution in [2.75, 3.05) is 20.3 Å². The number of methoxy groups -OCH3 is 1. The zero-order valence-electron chi connectivity index (χ0n) is 24.4. The number of ether oxygens (including phenoxy) is 2. The molecule has 0 radical (unpaired) electrons. The molecule has 45 heavy (non-hydrogen) atoms. The minimum Gasteiger partial charge on any atom is -0.490 e. The molecule has 5 aromatic rings. The van der Waals surface area contributed by atoms with Crippen LogP contribution in [0.15, 0.2) is 54.6 Å². The van der Waals surface area contributed by atoms with Crippen molar-refractivity contribution in [3.05, 3.63) is 83.1 Å². The Kier molecular flexibility index (Phi) is 8.37. The fraction of sp³-hybridized carbons (Fsp3) is 0.219. The second-order valence-corrected chi connectivity index (χ2v) is 11.3. The van der Waals surface area contributed by atoms with Crippen LogP contribution >= 0.6 is 11.3 Å². The molecule has 0 bridgehead atoms. The number of nitrogens with one attached hydrogen (secondary N) is 3. The number of hydrogen-bond acceptors (Lipinski definition) is 8. The van der Waals surface area contributed by atoms with Gasteiger partial charge in [-0.1, -0.05) is 6.58 Å². The summed E-state index contributed by atoms with van der Waals surface area (Å²) in [6.07, 6.45) is 3.03. The minimum absolute atomic E-state index is 0.0105. The summed E-state index contributed by atoms with van der Waals surface area (Å²) in [5, 5.41) is 15.7. The van der Waals surface area contributed by atoms with Crippen LogP contribution < -0.4 is 15.4 Å². The molecule has 3 N–H and O–H groups in total. The number of hydrogen-bond donors (Lipinski definition) is 3. The molecular formula is C32H28F2N6O4S. The van der Waals surface area contributed by atoms with E-state index in [2.05, 4.69) is 32.4 Å². The van der Waals surface area contributed by atoms with Crippen LogP contribution in [-0.2, 0) is 27.3 Å². The number of aromatic nitrogens is 4. The van der Waals surface area contributed by atoms with E-state index in [4.69, 9.17) is 14.5 Å². The Morgan fingerprint density at radius 2 is 2.04 bits per heavy atom. The predicted octanol–water partition coefficient (Wildman–Crippen LogP) is 5.25. The van der Waals surface area contributed by atoms with Crippen molar-refractivity contribution < 1.29 is 27.8 Å². The van der Waals surface area contributed by atoms with Gasteiger partial charge in [0.2, 0.25) is 11.8 Å². The summed E-state index contributed by atoms with van der Waals surface area (Å²) >= 11 is 1.37. The normalized spacial score (nSPS) is 13.3. The lowest BCUT2D eigenvalue weighted by Gasteiger charge is -2.19. The summed E-state index contributed by atoms with van der Waals surface area (Å²) in [6, 6.07) is 7.02. The third kappa shape index (κ3) is 5.91. The Morgan fingerprint density at radius 3 is 2.84 bits per heavy atom. The van der Waals surface area contributed by atoms with Crippen molar-refractivity contribution >= 4 is 33.2 Å². The molecule has 13 heteroatoms. The third-order valence-corrected chi connectivity index (χ3v) is 8.34. The van der Waals surface area contributed by atoms with Crippen LogP contribution in [-0.4, -0.2) is 52.3 Å². The second kappa shape index (κ2) is 12.5. The fourth-order valence-corrected chi connectivity index (χ4v) is 6.17. The van der Waals surface area contributed by atoms with E-state index in [9.17, 15) is 14.0 Å². The maximum atomic E-state index is 15.9. The quantitative estimate of drug-likeness (QED) is 0.142. The van der Waals surface area contributed by atoms with Crippen molar-refractivity contribution in [1.82, 2.24) is 30.8 Å². The number of amides is 2. The van der Waals surface area contributed by atoms with Crippen molar-refractivity contribution in [3.8, 4) is 39.5 Å². The van der Waals surface area contributed by atoms with Gasteiger partial charge < -0.3 is 20.1 Å². The number of benzene rings is 1. The molecule has 0 fully saturated rings. The number of rotatable bonds is 10. The highest BCUT2D eigenvalue weighted by molar-refractivity contribution is 7.18. The Bertz CT molecular complexity index is 1960. The standard InChI is InChI=1S/C32H28F2N6O4S/c1-4-26(41)37-16(2)22-12-24(40-39-22)31-29(28-21(34)10-19(33)11-25(28)44-7-6-43-3)32-20(5-8-45-32)30(38-31)18-9-17-14-36-27(42)13-23(17)35-15-18/h4-5,8-12,15-16H,1,6-7,13-14H2,2-3H3,(H,36,42)(H,37,41)(H,39,40)/t16-/m1/s1. The van der Waals surface area contributed by atoms with Gasteiger partial charge in [0.15, 0.2) is 0 Å². The summed E-state index contributed by atoms with van der Waals surface area (Å²) in [6.45, 7) is 5.88. The highest BCUT2D eigenvalue weighted by Gasteiger charge is 2.27. The first-order valence-corrected chi connectivity index (χ1v) is 14.9. The van der Waals surface area contributed by atoms with Crippen molar-refractivity contribution in [1.29, 1.82) is 0 Å². The molecule has 1 aliphatic heterocycles. The maximum Gasteiger partial charge on any atom is 0.243 e. The number of fused-ring (bicyclic) bond motifs is 2. The lowest BCUT2D eigenvalue weighted by molar-refractivity contribution is -0.121. The van der Waals surface area contributed by atoms with E-state index in [1.807, 2.05) is 17.5 Å². The first-order valence-electron chi connectivity index (χ1n) is 14.0. The molecule has 0 unspecified atom stereocenters. The van der Waals surface area contributed by atoms with Gasteiger partial charge in [0.25, 0.3) is 0 Å². The molecule has 0 saturated carbocycles. The number of aromatic amines is 1. The van der Waals surface area contributed by atoms with Crippen LogP contribution in [0.2, 0.25) is 0 Å². The van der Waals surface area contributed by atoms with E-state index in [-0.39, 0.29) is 42.8 Å². The van der Waals surface area contributed by atoms with Crippen LogP contribution in [0.3, 0.4) is 0 Å². The van der Waals surface area contributed by atoms with E-state index in [0.29, 0.717) is 56.2 Å². The summed E-state index contributed by atoms with van der Waals surface area (Å²) in [5.41, 5.74) is 4.46. The first-order chi connectivity index (χ1) is 21.8. The van der Waals surface area contributed by atoms with Gasteiger partial charge in [-0.05, 0) is 42.1 Å². The molecule has 1 aromatic carbocycles. The Balaban J connectivity index is 1.59. The van der Waals surface area contributed by atoms with Gasteiger partial charge in [0.05, 0.1) is 41.7 Å². The van der Waals surface area contributed by atoms with Crippen LogP contribution in [0.5, 0.6) is 5.75 Å². The first kappa shape index (κ1) is 30.0. The van der Waals surface area contributed by atoms with Gasteiger partial charge in [0, 0.05) is 53.2 Å². The summed E-state index contributed by atoms with van der Waals surface area (Å²) in [5.74, 6) is -2.09. The number of thiophene rings is 1. The maximum absolute atomic E-state index is 15.9. The number of halogens is 2. The Hall–Kier alpha value is -5.01. The van der Waals surface area contributed by atoms with Gasteiger partial charge in [0.1, 0.15) is 35.4 Å². The van der Waals surface area contributed by atoms with Crippen molar-refractivity contribution in [2.24, 2.45) is 0 Å². The molecule has 230 valence electrons. The second-order valence-electron chi connectivity index (χ2n) is 10.4. The molecule has 0 saturated heterocycles. The lowest BCUT2D eigenvalue weighted by atomic mass is 9.96. The van der Waals surface area contributed by atoms with E-state index < -0.39 is 17.7 Å². The number of carbonyl (C=O) groups is 2. The van der Waals surface area contributed by atoms with E-state index in [0.717, 1.165) is 17.7 Å². The molecule has 0 aliphatic carbocycles. The van der Waals surface area contributed by atoms with Gasteiger partial charge in [-0.25, -0.2) is 13.8 Å². The molecule has 1 atom stereocenters. The van der Waals surface area contributed by atoms with Crippen LogP contribution in [0, 0.1) is 11.6 Å². The van der Waals surface area contributed by atoms with E-state index in [1.165, 1.54) is 24.5 Å². The number of pyridine rings is 2. The van der Waals surface area contributed by atoms with Gasteiger partial charge in [-0.2, -0.15) is 5.10 Å². The largest absolute Gasteiger partial charge is 0.490 e. The lowest BCUT2D eigenvalue weighted by Crippen LogP contribution is -2.30. The van der Waals surface area contributed by atoms with Crippen molar-refractivity contribution in [3.63, 3.8) is 0 Å². The van der Waals surface area contributed by atoms with Crippen molar-refractivity contribution in [2.45, 2.75) is 25.9 Å². The topological polar surface area (TPSA) is 131 Å². The number of carbonyl (C=O) groups excluding carboxylic acids is 2. The van der Waals surface area contributed by atoms with Gasteiger partial charge in [-0.3, -0.25) is 19.7 Å². The highest BCUT2D eigenvalue weighted by atomic mass is 32.1. The molecule has 10 nitrogen and oxygen atoms in total. The third-order valence-electron chi connectivity index (χ3n) is 7.41. The molecule has 4 aromatic heterocycles. The van der Waals surface area contributed by atoms with E-state index in [1.54, 1.807) is 19.2 Å². The molecule has 0 spiro atoms. The van der Waals surface area contributed by atoms with E-state index >= 15 is 4.39 Å². The smallest absolute Gasteiger partial charge is 0.243 e. The van der Waals surface area contributed by atoms with Crippen LogP contribution in [0.4, 0.5) is 8.78 Å². The molecule has 5 heterocycles. The van der Waals surface area contributed by atoms with Gasteiger partial charge in [-0.15, -0.1) is 11.3 Å². The molecule has 1 aliphatic rings. The number of H-pyrrole nitrogens is 1. The fourth-order valence-electron chi connectivity index (χ4n) is 5.22. The zero-order valence-corrected chi connectivity index (χ0v) is 25.2. The van der Waals surface area contributed by atoms with Gasteiger partial charge >= 0.3 is 0 Å². The summed E-state index contributed by atoms with van der Waals surface area (Å²) in [7, 11) is 1.50.